The van der Waals surface area contributed by atoms with Gasteiger partial charge >= 0.3 is 5.97 Å². The van der Waals surface area contributed by atoms with Crippen LogP contribution < -0.4 is 16.4 Å². The van der Waals surface area contributed by atoms with Crippen molar-refractivity contribution in [1.82, 2.24) is 10.6 Å². The fourth-order valence-electron chi connectivity index (χ4n) is 2.63. The average Bonchev–Trinajstić information content (AvgIpc) is 2.65. The number of hydrogen-bond donors (Lipinski definition) is 4. The number of carbonyl (C=O) groups excluding carboxylic acids is 2. The summed E-state index contributed by atoms with van der Waals surface area (Å²) >= 11 is 0. The van der Waals surface area contributed by atoms with Crippen molar-refractivity contribution in [2.45, 2.75) is 78.9 Å². The van der Waals surface area contributed by atoms with Crippen molar-refractivity contribution in [1.29, 1.82) is 0 Å². The van der Waals surface area contributed by atoms with Gasteiger partial charge in [-0.15, -0.1) is 0 Å². The summed E-state index contributed by atoms with van der Waals surface area (Å²) in [6.07, 6.45) is 1.27. The van der Waals surface area contributed by atoms with Gasteiger partial charge < -0.3 is 21.5 Å². The van der Waals surface area contributed by atoms with Crippen molar-refractivity contribution < 1.29 is 27.9 Å². The van der Waals surface area contributed by atoms with E-state index in [-0.39, 0.29) is 23.7 Å². The molecular formula is C22H41N3O6S. The van der Waals surface area contributed by atoms with Gasteiger partial charge in [0.1, 0.15) is 12.1 Å². The summed E-state index contributed by atoms with van der Waals surface area (Å²) in [5.74, 6) is -1.39. The van der Waals surface area contributed by atoms with E-state index in [1.165, 1.54) is 0 Å². The van der Waals surface area contributed by atoms with E-state index in [1.54, 1.807) is 0 Å². The van der Waals surface area contributed by atoms with Crippen LogP contribution in [-0.4, -0.2) is 49.4 Å². The molecule has 0 fully saturated rings. The zero-order chi connectivity index (χ0) is 25.6. The number of nitrogens with two attached hydrogens (primary N) is 1. The Morgan fingerprint density at radius 1 is 0.812 bits per heavy atom. The Morgan fingerprint density at radius 3 is 1.50 bits per heavy atom. The van der Waals surface area contributed by atoms with Crippen LogP contribution >= 0.6 is 0 Å². The molecule has 0 bridgehead atoms. The summed E-state index contributed by atoms with van der Waals surface area (Å²) < 4.78 is 20.3. The first kappa shape index (κ1) is 32.0. The van der Waals surface area contributed by atoms with Gasteiger partial charge in [0.2, 0.25) is 11.8 Å². The Hall–Kier alpha value is -2.20. The van der Waals surface area contributed by atoms with Crippen LogP contribution in [0, 0.1) is 17.8 Å². The minimum Gasteiger partial charge on any atom is -0.480 e. The van der Waals surface area contributed by atoms with Crippen LogP contribution in [0.2, 0.25) is 0 Å². The van der Waals surface area contributed by atoms with Crippen molar-refractivity contribution >= 4 is 27.6 Å². The largest absolute Gasteiger partial charge is 0.480 e. The van der Waals surface area contributed by atoms with E-state index in [4.69, 9.17) is 5.73 Å². The van der Waals surface area contributed by atoms with Crippen molar-refractivity contribution in [3.05, 3.63) is 24.0 Å². The molecule has 0 saturated carbocycles. The van der Waals surface area contributed by atoms with Gasteiger partial charge in [0.15, 0.2) is 9.84 Å². The average molecular weight is 476 g/mol. The molecule has 0 radical (unpaired) electrons. The van der Waals surface area contributed by atoms with E-state index in [0.717, 1.165) is 10.8 Å². The monoisotopic (exact) mass is 475 g/mol. The maximum atomic E-state index is 12.5. The first-order chi connectivity index (χ1) is 14.6. The van der Waals surface area contributed by atoms with E-state index in [0.29, 0.717) is 19.3 Å². The molecule has 0 aromatic heterocycles. The molecule has 0 aromatic carbocycles. The fourth-order valence-corrected chi connectivity index (χ4v) is 2.77. The molecule has 0 aromatic rings. The molecule has 32 heavy (non-hydrogen) atoms. The molecule has 0 spiro atoms. The molecule has 3 atom stereocenters. The second-order valence-corrected chi connectivity index (χ2v) is 10.7. The van der Waals surface area contributed by atoms with Gasteiger partial charge in [0, 0.05) is 10.8 Å². The molecule has 10 heteroatoms. The molecule has 0 aliphatic rings. The summed E-state index contributed by atoms with van der Waals surface area (Å²) in [6.45, 7) is 17.7. The Morgan fingerprint density at radius 2 is 1.19 bits per heavy atom. The number of carboxylic acid groups (broad SMARTS) is 1. The lowest BCUT2D eigenvalue weighted by molar-refractivity contribution is -0.142. The fraction of sp³-hybridized carbons (Fsp3) is 0.682. The van der Waals surface area contributed by atoms with E-state index in [1.807, 2.05) is 41.5 Å². The maximum absolute atomic E-state index is 12.5. The SMILES string of the molecule is C=CS(=O)(=O)C=C.CC(C)CC(N)C(=O)NC(CC(C)C)C(=O)NC(CC(C)C)C(=O)O. The molecule has 0 aliphatic heterocycles. The standard InChI is InChI=1S/C18H35N3O4.C4H6O2S/c1-10(2)7-13(19)16(22)20-14(8-11(3)4)17(23)21-15(18(24)25)9-12(5)6;1-3-7(5,6)4-2/h10-15H,7-9,19H2,1-6H3,(H,20,22)(H,21,23)(H,24,25);3-4H,1-2H2. The number of carboxylic acids is 1. The smallest absolute Gasteiger partial charge is 0.326 e. The molecule has 186 valence electrons. The van der Waals surface area contributed by atoms with E-state index < -0.39 is 39.8 Å². The summed E-state index contributed by atoms with van der Waals surface area (Å²) in [5, 5.41) is 16.2. The zero-order valence-corrected chi connectivity index (χ0v) is 20.9. The minimum absolute atomic E-state index is 0.124. The second kappa shape index (κ2) is 15.6. The third kappa shape index (κ3) is 15.6. The van der Waals surface area contributed by atoms with Crippen LogP contribution in [0.3, 0.4) is 0 Å². The molecule has 3 unspecified atom stereocenters. The topological polar surface area (TPSA) is 156 Å². The van der Waals surface area contributed by atoms with Crippen molar-refractivity contribution in [2.24, 2.45) is 23.5 Å². The van der Waals surface area contributed by atoms with Crippen LogP contribution in [0.15, 0.2) is 24.0 Å². The number of amides is 2. The highest BCUT2D eigenvalue weighted by molar-refractivity contribution is 7.97. The predicted molar refractivity (Wildman–Crippen MR) is 127 cm³/mol. The lowest BCUT2D eigenvalue weighted by Gasteiger charge is -2.25. The lowest BCUT2D eigenvalue weighted by atomic mass is 9.99. The zero-order valence-electron chi connectivity index (χ0n) is 20.1. The summed E-state index contributed by atoms with van der Waals surface area (Å²) in [6, 6.07) is -2.45. The molecule has 0 saturated heterocycles. The highest BCUT2D eigenvalue weighted by Crippen LogP contribution is 2.10. The number of hydrogen-bond acceptors (Lipinski definition) is 6. The number of rotatable bonds is 13. The Kier molecular flexibility index (Phi) is 15.6. The van der Waals surface area contributed by atoms with E-state index >= 15 is 0 Å². The van der Waals surface area contributed by atoms with Crippen LogP contribution in [0.25, 0.3) is 0 Å². The minimum atomic E-state index is -3.13. The van der Waals surface area contributed by atoms with Gasteiger partial charge in [0.05, 0.1) is 6.04 Å². The van der Waals surface area contributed by atoms with Crippen molar-refractivity contribution in [2.75, 3.05) is 0 Å². The van der Waals surface area contributed by atoms with Gasteiger partial charge in [-0.3, -0.25) is 9.59 Å². The molecular weight excluding hydrogens is 434 g/mol. The molecule has 9 nitrogen and oxygen atoms in total. The number of sulfone groups is 1. The number of carbonyl (C=O) groups is 3. The van der Waals surface area contributed by atoms with Crippen LogP contribution in [0.4, 0.5) is 0 Å². The maximum Gasteiger partial charge on any atom is 0.326 e. The Balaban J connectivity index is 0. The second-order valence-electron chi connectivity index (χ2n) is 8.88. The van der Waals surface area contributed by atoms with Gasteiger partial charge in [0.25, 0.3) is 0 Å². The number of nitrogens with one attached hydrogen (secondary N) is 2. The predicted octanol–water partition coefficient (Wildman–Crippen LogP) is 2.19. The lowest BCUT2D eigenvalue weighted by Crippen LogP contribution is -2.55. The normalized spacial score (nSPS) is 14.1. The molecule has 2 amide bonds. The van der Waals surface area contributed by atoms with Gasteiger partial charge in [-0.25, -0.2) is 13.2 Å². The molecule has 5 N–H and O–H groups in total. The summed E-state index contributed by atoms with van der Waals surface area (Å²) in [4.78, 5) is 36.1. The van der Waals surface area contributed by atoms with Gasteiger partial charge in [-0.05, 0) is 37.0 Å². The first-order valence-corrected chi connectivity index (χ1v) is 12.3. The van der Waals surface area contributed by atoms with Crippen molar-refractivity contribution in [3.63, 3.8) is 0 Å². The summed E-state index contributed by atoms with van der Waals surface area (Å²) in [5.41, 5.74) is 5.87. The highest BCUT2D eigenvalue weighted by Gasteiger charge is 2.28. The van der Waals surface area contributed by atoms with E-state index in [2.05, 4.69) is 23.8 Å². The highest BCUT2D eigenvalue weighted by atomic mass is 32.2. The first-order valence-electron chi connectivity index (χ1n) is 10.6. The van der Waals surface area contributed by atoms with Crippen molar-refractivity contribution in [3.8, 4) is 0 Å². The molecule has 0 aliphatic carbocycles. The van der Waals surface area contributed by atoms with Crippen LogP contribution in [-0.2, 0) is 24.2 Å². The van der Waals surface area contributed by atoms with E-state index in [9.17, 15) is 27.9 Å². The summed E-state index contributed by atoms with van der Waals surface area (Å²) in [7, 11) is -3.13. The van der Waals surface area contributed by atoms with Crippen LogP contribution in [0.1, 0.15) is 60.8 Å². The molecule has 0 rings (SSSR count). The Labute approximate surface area is 192 Å². The van der Waals surface area contributed by atoms with Gasteiger partial charge in [-0.1, -0.05) is 54.7 Å². The van der Waals surface area contributed by atoms with Gasteiger partial charge in [-0.2, -0.15) is 0 Å². The Bertz CT molecular complexity index is 718. The third-order valence-corrected chi connectivity index (χ3v) is 5.12. The molecule has 0 heterocycles. The van der Waals surface area contributed by atoms with Crippen LogP contribution in [0.5, 0.6) is 0 Å². The quantitative estimate of drug-likeness (QED) is 0.318. The number of aliphatic carboxylic acids is 1. The third-order valence-electron chi connectivity index (χ3n) is 4.19.